The Morgan fingerprint density at radius 2 is 2.44 bits per heavy atom. The van der Waals surface area contributed by atoms with Gasteiger partial charge in [0.05, 0.1) is 10.7 Å². The topological polar surface area (TPSA) is 81.1 Å². The fourth-order valence-corrected chi connectivity index (χ4v) is 1.78. The molecule has 0 amide bonds. The molecule has 0 aromatic carbocycles. The highest BCUT2D eigenvalue weighted by molar-refractivity contribution is 9.10. The first-order chi connectivity index (χ1) is 7.48. The van der Waals surface area contributed by atoms with E-state index in [2.05, 4.69) is 21.0 Å². The van der Waals surface area contributed by atoms with E-state index in [0.29, 0.717) is 25.8 Å². The average molecular weight is 290 g/mol. The molecular formula is C10H16BrN3O2. The van der Waals surface area contributed by atoms with Crippen molar-refractivity contribution in [2.75, 3.05) is 0 Å². The molecule has 3 N–H and O–H groups in total. The van der Waals surface area contributed by atoms with E-state index in [1.165, 1.54) is 0 Å². The van der Waals surface area contributed by atoms with Crippen molar-refractivity contribution in [3.8, 4) is 0 Å². The lowest BCUT2D eigenvalue weighted by atomic mass is 9.92. The van der Waals surface area contributed by atoms with Crippen molar-refractivity contribution in [3.05, 3.63) is 16.9 Å². The minimum atomic E-state index is -1.11. The molecule has 5 nitrogen and oxygen atoms in total. The van der Waals surface area contributed by atoms with E-state index in [9.17, 15) is 4.79 Å². The molecule has 6 heteroatoms. The van der Waals surface area contributed by atoms with Gasteiger partial charge in [0.1, 0.15) is 5.54 Å². The molecule has 0 saturated carbocycles. The molecule has 1 atom stereocenters. The van der Waals surface area contributed by atoms with Gasteiger partial charge in [0, 0.05) is 12.7 Å². The minimum absolute atomic E-state index is 0.436. The van der Waals surface area contributed by atoms with Gasteiger partial charge in [0.15, 0.2) is 0 Å². The molecule has 0 fully saturated rings. The zero-order chi connectivity index (χ0) is 12.2. The number of hydrogen-bond donors (Lipinski definition) is 2. The fraction of sp³-hybridized carbons (Fsp3) is 0.600. The summed E-state index contributed by atoms with van der Waals surface area (Å²) in [5.41, 5.74) is 4.66. The molecular weight excluding hydrogens is 274 g/mol. The number of aryl methyl sites for hydroxylation is 1. The highest BCUT2D eigenvalue weighted by atomic mass is 79.9. The van der Waals surface area contributed by atoms with E-state index in [1.807, 2.05) is 6.20 Å². The molecule has 1 heterocycles. The van der Waals surface area contributed by atoms with Crippen molar-refractivity contribution in [3.63, 3.8) is 0 Å². The number of carboxylic acids is 1. The summed E-state index contributed by atoms with van der Waals surface area (Å²) in [7, 11) is 0. The molecule has 0 spiro atoms. The van der Waals surface area contributed by atoms with Crippen molar-refractivity contribution in [1.82, 2.24) is 9.78 Å². The summed E-state index contributed by atoms with van der Waals surface area (Å²) < 4.78 is 2.68. The van der Waals surface area contributed by atoms with Gasteiger partial charge in [-0.05, 0) is 35.2 Å². The van der Waals surface area contributed by atoms with Crippen LogP contribution in [0.25, 0.3) is 0 Å². The van der Waals surface area contributed by atoms with E-state index >= 15 is 0 Å². The maximum absolute atomic E-state index is 10.9. The number of rotatable bonds is 6. The number of nitrogens with zero attached hydrogens (tertiary/aromatic N) is 2. The van der Waals surface area contributed by atoms with Crippen LogP contribution in [0.1, 0.15) is 26.2 Å². The molecule has 16 heavy (non-hydrogen) atoms. The van der Waals surface area contributed by atoms with E-state index < -0.39 is 11.5 Å². The van der Waals surface area contributed by atoms with Crippen LogP contribution in [0.15, 0.2) is 16.9 Å². The van der Waals surface area contributed by atoms with E-state index in [1.54, 1.807) is 17.8 Å². The van der Waals surface area contributed by atoms with Crippen LogP contribution in [0.3, 0.4) is 0 Å². The van der Waals surface area contributed by atoms with Crippen molar-refractivity contribution >= 4 is 21.9 Å². The number of halogens is 1. The molecule has 1 rings (SSSR count). The van der Waals surface area contributed by atoms with E-state index in [-0.39, 0.29) is 0 Å². The molecule has 0 radical (unpaired) electrons. The SMILES string of the molecule is CCC(N)(CCCn1cc(Br)cn1)C(=O)O. The van der Waals surface area contributed by atoms with Gasteiger partial charge in [0.2, 0.25) is 0 Å². The first-order valence-corrected chi connectivity index (χ1v) is 5.97. The van der Waals surface area contributed by atoms with Gasteiger partial charge in [-0.25, -0.2) is 0 Å². The molecule has 1 unspecified atom stereocenters. The Bertz CT molecular complexity index is 367. The number of aromatic nitrogens is 2. The summed E-state index contributed by atoms with van der Waals surface area (Å²) in [4.78, 5) is 10.9. The van der Waals surface area contributed by atoms with Crippen molar-refractivity contribution < 1.29 is 9.90 Å². The molecule has 1 aromatic rings. The normalized spacial score (nSPS) is 14.7. The second-order valence-corrected chi connectivity index (χ2v) is 4.76. The largest absolute Gasteiger partial charge is 0.480 e. The van der Waals surface area contributed by atoms with Gasteiger partial charge < -0.3 is 10.8 Å². The van der Waals surface area contributed by atoms with Crippen LogP contribution in [-0.2, 0) is 11.3 Å². The van der Waals surface area contributed by atoms with Crippen molar-refractivity contribution in [2.45, 2.75) is 38.3 Å². The Morgan fingerprint density at radius 1 is 1.75 bits per heavy atom. The number of carbonyl (C=O) groups is 1. The van der Waals surface area contributed by atoms with Gasteiger partial charge >= 0.3 is 5.97 Å². The highest BCUT2D eigenvalue weighted by Gasteiger charge is 2.30. The second-order valence-electron chi connectivity index (χ2n) is 3.84. The van der Waals surface area contributed by atoms with Gasteiger partial charge in [-0.15, -0.1) is 0 Å². The van der Waals surface area contributed by atoms with Crippen molar-refractivity contribution in [2.24, 2.45) is 5.73 Å². The molecule has 90 valence electrons. The van der Waals surface area contributed by atoms with Gasteiger partial charge in [-0.1, -0.05) is 6.92 Å². The summed E-state index contributed by atoms with van der Waals surface area (Å²) in [5, 5.41) is 13.1. The minimum Gasteiger partial charge on any atom is -0.480 e. The Labute approximate surface area is 103 Å². The average Bonchev–Trinajstić information content (AvgIpc) is 2.63. The quantitative estimate of drug-likeness (QED) is 0.834. The highest BCUT2D eigenvalue weighted by Crippen LogP contribution is 2.15. The van der Waals surface area contributed by atoms with Crippen molar-refractivity contribution in [1.29, 1.82) is 0 Å². The predicted molar refractivity (Wildman–Crippen MR) is 64.0 cm³/mol. The Morgan fingerprint density at radius 3 is 2.88 bits per heavy atom. The lowest BCUT2D eigenvalue weighted by Gasteiger charge is -2.22. The van der Waals surface area contributed by atoms with Crippen LogP contribution in [-0.4, -0.2) is 26.4 Å². The zero-order valence-electron chi connectivity index (χ0n) is 9.19. The molecule has 1 aromatic heterocycles. The maximum Gasteiger partial charge on any atom is 0.323 e. The maximum atomic E-state index is 10.9. The third-order valence-corrected chi connectivity index (χ3v) is 3.08. The first kappa shape index (κ1) is 13.2. The Kier molecular flexibility index (Phi) is 4.49. The number of hydrogen-bond acceptors (Lipinski definition) is 3. The van der Waals surface area contributed by atoms with Crippen LogP contribution in [0.5, 0.6) is 0 Å². The summed E-state index contributed by atoms with van der Waals surface area (Å²) in [6.07, 6.45) is 5.14. The predicted octanol–water partition coefficient (Wildman–Crippen LogP) is 1.62. The lowest BCUT2D eigenvalue weighted by molar-refractivity contribution is -0.143. The van der Waals surface area contributed by atoms with Crippen LogP contribution in [0, 0.1) is 0 Å². The summed E-state index contributed by atoms with van der Waals surface area (Å²) >= 11 is 3.30. The number of nitrogens with two attached hydrogens (primary N) is 1. The van der Waals surface area contributed by atoms with Crippen LogP contribution in [0.2, 0.25) is 0 Å². The third kappa shape index (κ3) is 3.31. The third-order valence-electron chi connectivity index (χ3n) is 2.67. The lowest BCUT2D eigenvalue weighted by Crippen LogP contribution is -2.47. The molecule has 0 aliphatic heterocycles. The fourth-order valence-electron chi connectivity index (χ4n) is 1.45. The number of aliphatic carboxylic acids is 1. The standard InChI is InChI=1S/C10H16BrN3O2/c1-2-10(12,9(15)16)4-3-5-14-7-8(11)6-13-14/h6-7H,2-5,12H2,1H3,(H,15,16). The van der Waals surface area contributed by atoms with Crippen LogP contribution >= 0.6 is 15.9 Å². The van der Waals surface area contributed by atoms with E-state index in [0.717, 1.165) is 4.47 Å². The monoisotopic (exact) mass is 289 g/mol. The molecule has 0 aliphatic carbocycles. The first-order valence-electron chi connectivity index (χ1n) is 5.18. The summed E-state index contributed by atoms with van der Waals surface area (Å²) in [6.45, 7) is 2.47. The smallest absolute Gasteiger partial charge is 0.323 e. The van der Waals surface area contributed by atoms with Gasteiger partial charge in [-0.2, -0.15) is 5.10 Å². The zero-order valence-corrected chi connectivity index (χ0v) is 10.8. The molecule has 0 saturated heterocycles. The van der Waals surface area contributed by atoms with Gasteiger partial charge in [0.25, 0.3) is 0 Å². The molecule has 0 bridgehead atoms. The number of carboxylic acid groups (broad SMARTS) is 1. The Balaban J connectivity index is 2.43. The molecule has 0 aliphatic rings. The second kappa shape index (κ2) is 5.45. The van der Waals surface area contributed by atoms with Crippen LogP contribution in [0.4, 0.5) is 0 Å². The summed E-state index contributed by atoms with van der Waals surface area (Å²) in [6, 6.07) is 0. The summed E-state index contributed by atoms with van der Waals surface area (Å²) in [5.74, 6) is -0.934. The van der Waals surface area contributed by atoms with Crippen LogP contribution < -0.4 is 5.73 Å². The Hall–Kier alpha value is -0.880. The van der Waals surface area contributed by atoms with Gasteiger partial charge in [-0.3, -0.25) is 9.48 Å². The van der Waals surface area contributed by atoms with E-state index in [4.69, 9.17) is 10.8 Å².